The number of aryl methyl sites for hydroxylation is 2. The maximum atomic E-state index is 11.8. The largest absolute Gasteiger partial charge is 0.315 e. The van der Waals surface area contributed by atoms with Gasteiger partial charge in [-0.1, -0.05) is 11.6 Å². The molecular weight excluding hydrogens is 230 g/mol. The lowest BCUT2D eigenvalue weighted by atomic mass is 10.0. The van der Waals surface area contributed by atoms with E-state index in [0.717, 1.165) is 16.8 Å². The van der Waals surface area contributed by atoms with Crippen molar-refractivity contribution in [2.75, 3.05) is 10.9 Å². The summed E-state index contributed by atoms with van der Waals surface area (Å²) < 4.78 is 0. The summed E-state index contributed by atoms with van der Waals surface area (Å²) in [4.78, 5) is 16.1. The van der Waals surface area contributed by atoms with Crippen LogP contribution in [0.3, 0.4) is 0 Å². The molecule has 2 N–H and O–H groups in total. The zero-order valence-electron chi connectivity index (χ0n) is 9.98. The van der Waals surface area contributed by atoms with Gasteiger partial charge in [0.25, 0.3) is 0 Å². The van der Waals surface area contributed by atoms with Gasteiger partial charge < -0.3 is 0 Å². The molecule has 0 aliphatic carbocycles. The van der Waals surface area contributed by atoms with Crippen molar-refractivity contribution in [2.45, 2.75) is 13.8 Å². The second kappa shape index (κ2) is 3.76. The molecule has 0 saturated heterocycles. The van der Waals surface area contributed by atoms with Crippen LogP contribution in [0.5, 0.6) is 0 Å². The van der Waals surface area contributed by atoms with E-state index in [1.165, 1.54) is 0 Å². The van der Waals surface area contributed by atoms with Crippen molar-refractivity contribution in [3.8, 4) is 11.3 Å². The van der Waals surface area contributed by atoms with Gasteiger partial charge in [-0.25, -0.2) is 4.98 Å². The highest BCUT2D eigenvalue weighted by Gasteiger charge is 2.19. The molecule has 0 saturated carbocycles. The summed E-state index contributed by atoms with van der Waals surface area (Å²) in [5.74, 6) is 0.463. The highest BCUT2D eigenvalue weighted by Crippen LogP contribution is 2.34. The van der Waals surface area contributed by atoms with Gasteiger partial charge in [-0.05, 0) is 26.0 Å². The Kier molecular flexibility index (Phi) is 2.22. The molecule has 0 fully saturated rings. The number of hydrogen-bond donors (Lipinski definition) is 2. The summed E-state index contributed by atoms with van der Waals surface area (Å²) in [5.41, 5.74) is 9.13. The lowest BCUT2D eigenvalue weighted by molar-refractivity contribution is 0.937. The van der Waals surface area contributed by atoms with Gasteiger partial charge in [0.15, 0.2) is 0 Å². The number of anilines is 2. The Morgan fingerprint density at radius 3 is 2.78 bits per heavy atom. The van der Waals surface area contributed by atoms with Crippen molar-refractivity contribution in [1.82, 2.24) is 15.2 Å². The zero-order chi connectivity index (χ0) is 12.7. The van der Waals surface area contributed by atoms with Crippen LogP contribution in [0, 0.1) is 13.8 Å². The van der Waals surface area contributed by atoms with Gasteiger partial charge in [-0.2, -0.15) is 0 Å². The van der Waals surface area contributed by atoms with Crippen molar-refractivity contribution >= 4 is 11.4 Å². The molecule has 1 aromatic heterocycles. The quantitative estimate of drug-likeness (QED) is 0.723. The fourth-order valence-electron chi connectivity index (χ4n) is 1.91. The van der Waals surface area contributed by atoms with Gasteiger partial charge >= 0.3 is 5.56 Å². The molecule has 1 aliphatic rings. The summed E-state index contributed by atoms with van der Waals surface area (Å²) in [6.07, 6.45) is 0. The van der Waals surface area contributed by atoms with Gasteiger partial charge in [0.1, 0.15) is 17.2 Å². The molecule has 6 heteroatoms. The molecule has 0 amide bonds. The number of rotatable bonds is 0. The average molecular weight is 241 g/mol. The number of benzene rings is 1. The van der Waals surface area contributed by atoms with E-state index in [-0.39, 0.29) is 0 Å². The molecule has 0 spiro atoms. The highest BCUT2D eigenvalue weighted by atomic mass is 16.1. The maximum absolute atomic E-state index is 11.8. The Balaban J connectivity index is 2.39. The maximum Gasteiger partial charge on any atom is 0.315 e. The van der Waals surface area contributed by atoms with Crippen molar-refractivity contribution in [2.24, 2.45) is 0 Å². The van der Waals surface area contributed by atoms with E-state index in [1.54, 1.807) is 6.92 Å². The fourth-order valence-corrected chi connectivity index (χ4v) is 1.91. The van der Waals surface area contributed by atoms with Gasteiger partial charge in [-0.15, -0.1) is 10.2 Å². The zero-order valence-corrected chi connectivity index (χ0v) is 9.98. The first-order valence-corrected chi connectivity index (χ1v) is 5.54. The summed E-state index contributed by atoms with van der Waals surface area (Å²) in [6.45, 7) is 3.70. The third-order valence-electron chi connectivity index (χ3n) is 2.76. The summed E-state index contributed by atoms with van der Waals surface area (Å²) >= 11 is 0. The van der Waals surface area contributed by atoms with E-state index in [4.69, 9.17) is 0 Å². The third-order valence-corrected chi connectivity index (χ3v) is 2.76. The summed E-state index contributed by atoms with van der Waals surface area (Å²) in [7, 11) is 0. The van der Waals surface area contributed by atoms with Crippen LogP contribution >= 0.6 is 0 Å². The van der Waals surface area contributed by atoms with E-state index in [0.29, 0.717) is 17.2 Å². The summed E-state index contributed by atoms with van der Waals surface area (Å²) in [6, 6.07) is 5.91. The summed E-state index contributed by atoms with van der Waals surface area (Å²) in [5, 5.41) is 7.32. The van der Waals surface area contributed by atoms with Crippen molar-refractivity contribution in [3.63, 3.8) is 0 Å². The second-order valence-corrected chi connectivity index (χ2v) is 4.19. The Bertz CT molecular complexity index is 698. The van der Waals surface area contributed by atoms with Crippen molar-refractivity contribution < 1.29 is 0 Å². The van der Waals surface area contributed by atoms with E-state index in [1.807, 2.05) is 25.1 Å². The molecule has 2 aromatic rings. The molecule has 0 radical (unpaired) electrons. The van der Waals surface area contributed by atoms with Crippen LogP contribution in [0.15, 0.2) is 23.0 Å². The molecule has 2 heterocycles. The molecule has 1 aromatic carbocycles. The van der Waals surface area contributed by atoms with Crippen molar-refractivity contribution in [3.05, 3.63) is 39.9 Å². The first-order valence-electron chi connectivity index (χ1n) is 5.54. The first kappa shape index (κ1) is 10.6. The molecule has 6 nitrogen and oxygen atoms in total. The van der Waals surface area contributed by atoms with Crippen LogP contribution in [0.25, 0.3) is 11.3 Å². The monoisotopic (exact) mass is 241 g/mol. The van der Waals surface area contributed by atoms with E-state index < -0.39 is 5.56 Å². The lowest BCUT2D eigenvalue weighted by Crippen LogP contribution is -2.22. The van der Waals surface area contributed by atoms with Gasteiger partial charge in [0, 0.05) is 5.56 Å². The molecule has 3 rings (SSSR count). The molecule has 90 valence electrons. The average Bonchev–Trinajstić information content (AvgIpc) is 2.50. The third kappa shape index (κ3) is 1.58. The van der Waals surface area contributed by atoms with Gasteiger partial charge in [-0.3, -0.25) is 15.6 Å². The standard InChI is InChI=1S/C12H11N5O/c1-6-3-4-9-8(5-6)10-11(16-15-9)12(18)17-14-7(2)13-10/h3-5,15-16H,1-2H3. The number of nitrogens with zero attached hydrogens (tertiary/aromatic N) is 3. The smallest absolute Gasteiger partial charge is 0.300 e. The number of nitrogens with one attached hydrogen (secondary N) is 2. The molecule has 1 aliphatic heterocycles. The molecular formula is C12H11N5O. The van der Waals surface area contributed by atoms with E-state index in [9.17, 15) is 4.79 Å². The minimum Gasteiger partial charge on any atom is -0.300 e. The van der Waals surface area contributed by atoms with Crippen LogP contribution in [0.2, 0.25) is 0 Å². The Morgan fingerprint density at radius 2 is 1.94 bits per heavy atom. The van der Waals surface area contributed by atoms with Gasteiger partial charge in [0.2, 0.25) is 0 Å². The van der Waals surface area contributed by atoms with Gasteiger partial charge in [0.05, 0.1) is 5.69 Å². The topological polar surface area (TPSA) is 79.8 Å². The van der Waals surface area contributed by atoms with Crippen LogP contribution < -0.4 is 16.4 Å². The number of hydrazine groups is 1. The van der Waals surface area contributed by atoms with Crippen LogP contribution in [-0.2, 0) is 0 Å². The normalized spacial score (nSPS) is 11.9. The minimum absolute atomic E-state index is 0.328. The predicted molar refractivity (Wildman–Crippen MR) is 68.3 cm³/mol. The molecule has 0 atom stereocenters. The SMILES string of the molecule is Cc1ccc2c(c1)-c1nc(C)nnc(=O)c1NN2. The van der Waals surface area contributed by atoms with E-state index in [2.05, 4.69) is 26.0 Å². The first-order chi connectivity index (χ1) is 8.65. The Morgan fingerprint density at radius 1 is 1.11 bits per heavy atom. The predicted octanol–water partition coefficient (Wildman–Crippen LogP) is 1.27. The second-order valence-electron chi connectivity index (χ2n) is 4.19. The Hall–Kier alpha value is -2.50. The lowest BCUT2D eigenvalue weighted by Gasteiger charge is -2.20. The number of hydrogen-bond acceptors (Lipinski definition) is 6. The molecule has 0 unspecified atom stereocenters. The van der Waals surface area contributed by atoms with Crippen molar-refractivity contribution in [1.29, 1.82) is 0 Å². The van der Waals surface area contributed by atoms with Crippen LogP contribution in [0.1, 0.15) is 11.4 Å². The Labute approximate surface area is 103 Å². The van der Waals surface area contributed by atoms with Crippen LogP contribution in [-0.4, -0.2) is 15.2 Å². The fraction of sp³-hybridized carbons (Fsp3) is 0.167. The molecule has 18 heavy (non-hydrogen) atoms. The molecule has 0 bridgehead atoms. The van der Waals surface area contributed by atoms with E-state index >= 15 is 0 Å². The minimum atomic E-state index is -0.426. The number of fused-ring (bicyclic) bond motifs is 3. The van der Waals surface area contributed by atoms with Crippen LogP contribution in [0.4, 0.5) is 11.4 Å². The number of aromatic nitrogens is 3. The highest BCUT2D eigenvalue weighted by molar-refractivity contribution is 5.87.